The molecule has 0 radical (unpaired) electrons. The van der Waals surface area contributed by atoms with Crippen molar-refractivity contribution in [3.63, 3.8) is 0 Å². The van der Waals surface area contributed by atoms with Gasteiger partial charge in [0.15, 0.2) is 11.5 Å². The van der Waals surface area contributed by atoms with Crippen LogP contribution in [0.4, 0.5) is 5.69 Å². The number of rotatable bonds is 5. The molecule has 1 atom stereocenters. The van der Waals surface area contributed by atoms with Crippen LogP contribution in [0.15, 0.2) is 46.9 Å². The molecule has 0 aromatic heterocycles. The van der Waals surface area contributed by atoms with Gasteiger partial charge in [-0.05, 0) is 31.5 Å². The number of ether oxygens (including phenoxy) is 1. The Kier molecular flexibility index (Phi) is 5.88. The second-order valence-corrected chi connectivity index (χ2v) is 6.13. The van der Waals surface area contributed by atoms with E-state index in [1.807, 2.05) is 0 Å². The average molecular weight is 386 g/mol. The molecule has 5 heteroatoms. The summed E-state index contributed by atoms with van der Waals surface area (Å²) in [5.74, 6) is -1.92. The van der Waals surface area contributed by atoms with Gasteiger partial charge < -0.3 is 4.74 Å². The number of nitrogens with zero attached hydrogens (tertiary/aromatic N) is 1. The van der Waals surface area contributed by atoms with Crippen molar-refractivity contribution in [2.24, 2.45) is 0 Å². The molecular weight excluding hydrogens is 370 g/mol. The fraction of sp³-hybridized carbons (Fsp3) is 0.211. The minimum absolute atomic E-state index is 0.203. The zero-order valence-electron chi connectivity index (χ0n) is 13.4. The second kappa shape index (κ2) is 7.89. The fourth-order valence-electron chi connectivity index (χ4n) is 2.42. The van der Waals surface area contributed by atoms with Crippen molar-refractivity contribution in [3.05, 3.63) is 75.0 Å². The highest BCUT2D eigenvalue weighted by Gasteiger charge is 2.31. The zero-order valence-corrected chi connectivity index (χ0v) is 15.0. The van der Waals surface area contributed by atoms with Crippen LogP contribution in [0.25, 0.3) is 4.85 Å². The molecule has 0 saturated carbocycles. The summed E-state index contributed by atoms with van der Waals surface area (Å²) in [4.78, 5) is 28.7. The molecular formula is C19H16BrNO3. The van der Waals surface area contributed by atoms with Crippen LogP contribution in [0.1, 0.15) is 34.3 Å². The van der Waals surface area contributed by atoms with Crippen molar-refractivity contribution >= 4 is 33.4 Å². The molecule has 0 heterocycles. The number of carbonyl (C=O) groups excluding carboxylic acids is 2. The topological polar surface area (TPSA) is 47.7 Å². The van der Waals surface area contributed by atoms with Crippen molar-refractivity contribution < 1.29 is 14.3 Å². The lowest BCUT2D eigenvalue weighted by Crippen LogP contribution is -2.25. The Morgan fingerprint density at radius 3 is 2.42 bits per heavy atom. The maximum absolute atomic E-state index is 13.0. The molecule has 0 amide bonds. The molecule has 0 N–H and O–H groups in total. The van der Waals surface area contributed by atoms with E-state index in [1.165, 1.54) is 0 Å². The van der Waals surface area contributed by atoms with E-state index in [9.17, 15) is 9.59 Å². The minimum atomic E-state index is -1.02. The van der Waals surface area contributed by atoms with Crippen LogP contribution in [0, 0.1) is 13.5 Å². The van der Waals surface area contributed by atoms with E-state index in [1.54, 1.807) is 56.3 Å². The van der Waals surface area contributed by atoms with Crippen LogP contribution in [-0.4, -0.2) is 18.4 Å². The molecule has 2 aromatic rings. The fourth-order valence-corrected chi connectivity index (χ4v) is 2.69. The lowest BCUT2D eigenvalue weighted by atomic mass is 9.88. The van der Waals surface area contributed by atoms with Gasteiger partial charge in [0, 0.05) is 10.0 Å². The van der Waals surface area contributed by atoms with Crippen LogP contribution < -0.4 is 0 Å². The summed E-state index contributed by atoms with van der Waals surface area (Å²) in [7, 11) is 0. The van der Waals surface area contributed by atoms with Gasteiger partial charge in [-0.3, -0.25) is 9.59 Å². The van der Waals surface area contributed by atoms with E-state index < -0.39 is 11.9 Å². The van der Waals surface area contributed by atoms with Crippen LogP contribution in [0.3, 0.4) is 0 Å². The summed E-state index contributed by atoms with van der Waals surface area (Å²) in [6.45, 7) is 10.7. The first-order valence-electron chi connectivity index (χ1n) is 7.42. The molecule has 1 unspecified atom stereocenters. The third-order valence-corrected chi connectivity index (χ3v) is 4.12. The van der Waals surface area contributed by atoms with Crippen molar-refractivity contribution in [3.8, 4) is 0 Å². The summed E-state index contributed by atoms with van der Waals surface area (Å²) in [5.41, 5.74) is 2.12. The van der Waals surface area contributed by atoms with Crippen LogP contribution in [-0.2, 0) is 9.53 Å². The van der Waals surface area contributed by atoms with Gasteiger partial charge >= 0.3 is 5.97 Å². The van der Waals surface area contributed by atoms with Crippen molar-refractivity contribution in [1.29, 1.82) is 0 Å². The Morgan fingerprint density at radius 2 is 1.88 bits per heavy atom. The number of ketones is 1. The first-order chi connectivity index (χ1) is 11.5. The number of aryl methyl sites for hydroxylation is 1. The molecule has 4 nitrogen and oxygen atoms in total. The van der Waals surface area contributed by atoms with E-state index in [0.29, 0.717) is 22.4 Å². The standard InChI is InChI=1S/C19H16BrNO3/c1-4-24-19(23)17(13-5-7-14(20)8-6-13)18(22)16-10-9-15(21-3)11-12(16)2/h5-11,17H,4H2,1-2H3. The Hall–Kier alpha value is -2.45. The van der Waals surface area contributed by atoms with Gasteiger partial charge in [-0.1, -0.05) is 51.8 Å². The molecule has 2 rings (SSSR count). The maximum Gasteiger partial charge on any atom is 0.321 e. The molecule has 0 aliphatic heterocycles. The summed E-state index contributed by atoms with van der Waals surface area (Å²) in [6, 6.07) is 11.8. The average Bonchev–Trinajstić information content (AvgIpc) is 2.56. The molecule has 0 aliphatic carbocycles. The highest BCUT2D eigenvalue weighted by Crippen LogP contribution is 2.27. The largest absolute Gasteiger partial charge is 0.465 e. The molecule has 0 spiro atoms. The summed E-state index contributed by atoms with van der Waals surface area (Å²) >= 11 is 3.34. The number of halogens is 1. The van der Waals surface area contributed by atoms with Crippen molar-refractivity contribution in [2.75, 3.05) is 6.61 Å². The van der Waals surface area contributed by atoms with Crippen molar-refractivity contribution in [2.45, 2.75) is 19.8 Å². The van der Waals surface area contributed by atoms with Gasteiger partial charge in [0.25, 0.3) is 0 Å². The highest BCUT2D eigenvalue weighted by atomic mass is 79.9. The molecule has 0 fully saturated rings. The van der Waals surface area contributed by atoms with Gasteiger partial charge in [0.2, 0.25) is 0 Å². The zero-order chi connectivity index (χ0) is 17.7. The smallest absolute Gasteiger partial charge is 0.321 e. The summed E-state index contributed by atoms with van der Waals surface area (Å²) in [6.07, 6.45) is 0. The predicted molar refractivity (Wildman–Crippen MR) is 95.3 cm³/mol. The predicted octanol–water partition coefficient (Wildman–Crippen LogP) is 4.84. The number of esters is 1. The third-order valence-electron chi connectivity index (χ3n) is 3.59. The Labute approximate surface area is 149 Å². The van der Waals surface area contributed by atoms with Gasteiger partial charge in [-0.25, -0.2) is 4.85 Å². The Balaban J connectivity index is 2.47. The first kappa shape index (κ1) is 17.9. The van der Waals surface area contributed by atoms with Gasteiger partial charge in [0.05, 0.1) is 13.2 Å². The van der Waals surface area contributed by atoms with E-state index in [2.05, 4.69) is 20.8 Å². The van der Waals surface area contributed by atoms with Crippen LogP contribution in [0.5, 0.6) is 0 Å². The third kappa shape index (κ3) is 3.90. The summed E-state index contributed by atoms with van der Waals surface area (Å²) in [5, 5.41) is 0. The number of benzene rings is 2. The SMILES string of the molecule is [C-]#[N+]c1ccc(C(=O)C(C(=O)OCC)c2ccc(Br)cc2)c(C)c1. The normalized spacial score (nSPS) is 11.4. The van der Waals surface area contributed by atoms with Crippen LogP contribution >= 0.6 is 15.9 Å². The Morgan fingerprint density at radius 1 is 1.21 bits per heavy atom. The Bertz CT molecular complexity index is 806. The molecule has 0 bridgehead atoms. The summed E-state index contributed by atoms with van der Waals surface area (Å²) < 4.78 is 5.96. The van der Waals surface area contributed by atoms with E-state index in [-0.39, 0.29) is 12.4 Å². The quantitative estimate of drug-likeness (QED) is 0.320. The number of hydrogen-bond donors (Lipinski definition) is 0. The maximum atomic E-state index is 13.0. The first-order valence-corrected chi connectivity index (χ1v) is 8.21. The van der Waals surface area contributed by atoms with Crippen molar-refractivity contribution in [1.82, 2.24) is 0 Å². The molecule has 122 valence electrons. The second-order valence-electron chi connectivity index (χ2n) is 5.21. The molecule has 24 heavy (non-hydrogen) atoms. The van der Waals surface area contributed by atoms with Gasteiger partial charge in [-0.15, -0.1) is 0 Å². The molecule has 0 saturated heterocycles. The number of carbonyl (C=O) groups is 2. The van der Waals surface area contributed by atoms with E-state index >= 15 is 0 Å². The lowest BCUT2D eigenvalue weighted by molar-refractivity contribution is -0.143. The number of Topliss-reactive ketones (excluding diaryl/α,β-unsaturated/α-hetero) is 1. The van der Waals surface area contributed by atoms with E-state index in [0.717, 1.165) is 4.47 Å². The minimum Gasteiger partial charge on any atom is -0.465 e. The number of hydrogen-bond acceptors (Lipinski definition) is 3. The van der Waals surface area contributed by atoms with Crippen LogP contribution in [0.2, 0.25) is 0 Å². The monoisotopic (exact) mass is 385 g/mol. The molecule has 0 aliphatic rings. The highest BCUT2D eigenvalue weighted by molar-refractivity contribution is 9.10. The molecule has 2 aromatic carbocycles. The van der Waals surface area contributed by atoms with Gasteiger partial charge in [-0.2, -0.15) is 0 Å². The lowest BCUT2D eigenvalue weighted by Gasteiger charge is -2.16. The van der Waals surface area contributed by atoms with E-state index in [4.69, 9.17) is 11.3 Å². The van der Waals surface area contributed by atoms with Gasteiger partial charge in [0.1, 0.15) is 5.92 Å².